The number of carbonyl (C=O) groups is 3. The van der Waals surface area contributed by atoms with E-state index < -0.39 is 11.8 Å². The molecule has 0 unspecified atom stereocenters. The molecule has 5 nitrogen and oxygen atoms in total. The first-order valence-electron chi connectivity index (χ1n) is 8.46. The molecule has 27 heavy (non-hydrogen) atoms. The fourth-order valence-electron chi connectivity index (χ4n) is 2.31. The van der Waals surface area contributed by atoms with E-state index in [0.29, 0.717) is 12.0 Å². The largest absolute Gasteiger partial charge is 0.461 e. The van der Waals surface area contributed by atoms with Crippen LogP contribution in [0.5, 0.6) is 0 Å². The molecule has 0 spiro atoms. The molecule has 2 rings (SSSR count). The standard InChI is InChI=1S/C21H20FNO4/c1-15(24)23-19(14-16-6-3-2-4-7-16)21(26)27-13-5-8-20(25)17-9-11-18(22)12-10-17/h2-4,6-7,9-12,14H,5,8,13H2,1H3,(H,23,24)/b19-14+. The third-order valence-electron chi connectivity index (χ3n) is 3.59. The number of nitrogens with one attached hydrogen (secondary N) is 1. The second-order valence-corrected chi connectivity index (χ2v) is 5.82. The van der Waals surface area contributed by atoms with Crippen LogP contribution >= 0.6 is 0 Å². The lowest BCUT2D eigenvalue weighted by molar-refractivity contribution is -0.140. The minimum atomic E-state index is -0.678. The second-order valence-electron chi connectivity index (χ2n) is 5.82. The van der Waals surface area contributed by atoms with Gasteiger partial charge >= 0.3 is 5.97 Å². The Labute approximate surface area is 156 Å². The van der Waals surface area contributed by atoms with Crippen LogP contribution in [0.2, 0.25) is 0 Å². The van der Waals surface area contributed by atoms with E-state index >= 15 is 0 Å². The predicted molar refractivity (Wildman–Crippen MR) is 99.2 cm³/mol. The summed E-state index contributed by atoms with van der Waals surface area (Å²) in [5, 5.41) is 2.45. The summed E-state index contributed by atoms with van der Waals surface area (Å²) in [6.45, 7) is 1.32. The van der Waals surface area contributed by atoms with Crippen LogP contribution in [-0.2, 0) is 14.3 Å². The number of ketones is 1. The molecule has 140 valence electrons. The van der Waals surface area contributed by atoms with Crippen molar-refractivity contribution in [2.24, 2.45) is 0 Å². The van der Waals surface area contributed by atoms with Crippen molar-refractivity contribution in [3.63, 3.8) is 0 Å². The molecule has 6 heteroatoms. The SMILES string of the molecule is CC(=O)N/C(=C/c1ccccc1)C(=O)OCCCC(=O)c1ccc(F)cc1. The van der Waals surface area contributed by atoms with Gasteiger partial charge in [0.1, 0.15) is 11.5 Å². The third-order valence-corrected chi connectivity index (χ3v) is 3.59. The van der Waals surface area contributed by atoms with Crippen molar-refractivity contribution in [3.05, 3.63) is 77.2 Å². The summed E-state index contributed by atoms with van der Waals surface area (Å²) in [6, 6.07) is 14.3. The molecule has 0 radical (unpaired) electrons. The Hall–Kier alpha value is -3.28. The fraction of sp³-hybridized carbons (Fsp3) is 0.190. The smallest absolute Gasteiger partial charge is 0.354 e. The number of halogens is 1. The van der Waals surface area contributed by atoms with E-state index in [1.54, 1.807) is 12.1 Å². The van der Waals surface area contributed by atoms with Crippen molar-refractivity contribution in [1.29, 1.82) is 0 Å². The fourth-order valence-corrected chi connectivity index (χ4v) is 2.31. The predicted octanol–water partition coefficient (Wildman–Crippen LogP) is 3.51. The van der Waals surface area contributed by atoms with Crippen LogP contribution in [0.4, 0.5) is 4.39 Å². The molecule has 0 aromatic heterocycles. The third kappa shape index (κ3) is 6.86. The summed E-state index contributed by atoms with van der Waals surface area (Å²) >= 11 is 0. The van der Waals surface area contributed by atoms with Gasteiger partial charge in [-0.15, -0.1) is 0 Å². The highest BCUT2D eigenvalue weighted by Crippen LogP contribution is 2.09. The maximum atomic E-state index is 12.9. The molecule has 0 aliphatic heterocycles. The van der Waals surface area contributed by atoms with Gasteiger partial charge in [0, 0.05) is 18.9 Å². The summed E-state index contributed by atoms with van der Waals surface area (Å²) in [5.74, 6) is -1.63. The number of amides is 1. The average molecular weight is 369 g/mol. The van der Waals surface area contributed by atoms with Crippen molar-refractivity contribution in [1.82, 2.24) is 5.32 Å². The molecule has 0 saturated heterocycles. The van der Waals surface area contributed by atoms with Crippen molar-refractivity contribution >= 4 is 23.7 Å². The second kappa shape index (κ2) is 10.0. The number of Topliss-reactive ketones (excluding diaryl/α,β-unsaturated/α-hetero) is 1. The van der Waals surface area contributed by atoms with E-state index in [4.69, 9.17) is 4.74 Å². The summed E-state index contributed by atoms with van der Waals surface area (Å²) in [5.41, 5.74) is 1.17. The van der Waals surface area contributed by atoms with Crippen LogP contribution in [0.25, 0.3) is 6.08 Å². The minimum absolute atomic E-state index is 0.0253. The molecule has 0 saturated carbocycles. The summed E-state index contributed by atoms with van der Waals surface area (Å²) in [4.78, 5) is 35.5. The number of esters is 1. The quantitative estimate of drug-likeness (QED) is 0.334. The number of ether oxygens (including phenoxy) is 1. The molecule has 2 aromatic rings. The Balaban J connectivity index is 1.88. The zero-order valence-electron chi connectivity index (χ0n) is 14.9. The molecule has 0 atom stereocenters. The highest BCUT2D eigenvalue weighted by Gasteiger charge is 2.13. The maximum absolute atomic E-state index is 12.9. The van der Waals surface area contributed by atoms with Crippen molar-refractivity contribution in [2.75, 3.05) is 6.61 Å². The number of hydrogen-bond donors (Lipinski definition) is 1. The lowest BCUT2D eigenvalue weighted by atomic mass is 10.1. The summed E-state index contributed by atoms with van der Waals surface area (Å²) in [7, 11) is 0. The molecular weight excluding hydrogens is 349 g/mol. The van der Waals surface area contributed by atoms with Crippen LogP contribution in [-0.4, -0.2) is 24.3 Å². The van der Waals surface area contributed by atoms with Gasteiger partial charge in [-0.05, 0) is 42.3 Å². The van der Waals surface area contributed by atoms with Crippen molar-refractivity contribution in [2.45, 2.75) is 19.8 Å². The minimum Gasteiger partial charge on any atom is -0.461 e. The number of rotatable bonds is 8. The van der Waals surface area contributed by atoms with E-state index in [1.807, 2.05) is 18.2 Å². The zero-order valence-corrected chi connectivity index (χ0v) is 14.9. The van der Waals surface area contributed by atoms with Crippen LogP contribution in [0.3, 0.4) is 0 Å². The molecule has 0 fully saturated rings. The molecule has 0 aliphatic rings. The van der Waals surface area contributed by atoms with E-state index in [9.17, 15) is 18.8 Å². The molecule has 2 aromatic carbocycles. The first kappa shape index (κ1) is 20.0. The lowest BCUT2D eigenvalue weighted by Gasteiger charge is -2.09. The average Bonchev–Trinajstić information content (AvgIpc) is 2.65. The van der Waals surface area contributed by atoms with Gasteiger partial charge in [-0.3, -0.25) is 9.59 Å². The van der Waals surface area contributed by atoms with Gasteiger partial charge in [-0.2, -0.15) is 0 Å². The van der Waals surface area contributed by atoms with Gasteiger partial charge in [0.25, 0.3) is 0 Å². The van der Waals surface area contributed by atoms with Gasteiger partial charge in [0.2, 0.25) is 5.91 Å². The summed E-state index contributed by atoms with van der Waals surface area (Å²) in [6.07, 6.45) is 2.00. The number of benzene rings is 2. The van der Waals surface area contributed by atoms with Crippen molar-refractivity contribution in [3.8, 4) is 0 Å². The first-order chi connectivity index (χ1) is 13.0. The Kier molecular flexibility index (Phi) is 7.43. The van der Waals surface area contributed by atoms with E-state index in [-0.39, 0.29) is 30.4 Å². The number of hydrogen-bond acceptors (Lipinski definition) is 4. The Morgan fingerprint density at radius 1 is 1.04 bits per heavy atom. The highest BCUT2D eigenvalue weighted by molar-refractivity contribution is 5.97. The van der Waals surface area contributed by atoms with Gasteiger partial charge in [-0.25, -0.2) is 9.18 Å². The molecule has 0 aliphatic carbocycles. The van der Waals surface area contributed by atoms with Crippen LogP contribution in [0.1, 0.15) is 35.7 Å². The number of carbonyl (C=O) groups excluding carboxylic acids is 3. The first-order valence-corrected chi connectivity index (χ1v) is 8.46. The van der Waals surface area contributed by atoms with Gasteiger partial charge in [-0.1, -0.05) is 30.3 Å². The normalized spacial score (nSPS) is 11.0. The lowest BCUT2D eigenvalue weighted by Crippen LogP contribution is -2.26. The van der Waals surface area contributed by atoms with Crippen LogP contribution in [0.15, 0.2) is 60.3 Å². The van der Waals surface area contributed by atoms with E-state index in [1.165, 1.54) is 37.3 Å². The van der Waals surface area contributed by atoms with Crippen molar-refractivity contribution < 1.29 is 23.5 Å². The maximum Gasteiger partial charge on any atom is 0.354 e. The molecule has 0 heterocycles. The van der Waals surface area contributed by atoms with E-state index in [0.717, 1.165) is 5.56 Å². The summed E-state index contributed by atoms with van der Waals surface area (Å²) < 4.78 is 18.0. The molecule has 1 amide bonds. The van der Waals surface area contributed by atoms with Crippen LogP contribution < -0.4 is 5.32 Å². The van der Waals surface area contributed by atoms with Gasteiger partial charge in [0.05, 0.1) is 6.61 Å². The zero-order chi connectivity index (χ0) is 19.6. The van der Waals surface area contributed by atoms with Gasteiger partial charge in [0.15, 0.2) is 5.78 Å². The Bertz CT molecular complexity index is 829. The molecule has 1 N–H and O–H groups in total. The molecule has 0 bridgehead atoms. The molecular formula is C21H20FNO4. The topological polar surface area (TPSA) is 72.5 Å². The Morgan fingerprint density at radius 2 is 1.70 bits per heavy atom. The van der Waals surface area contributed by atoms with Gasteiger partial charge < -0.3 is 10.1 Å². The Morgan fingerprint density at radius 3 is 2.33 bits per heavy atom. The van der Waals surface area contributed by atoms with E-state index in [2.05, 4.69) is 5.32 Å². The monoisotopic (exact) mass is 369 g/mol. The highest BCUT2D eigenvalue weighted by atomic mass is 19.1. The van der Waals surface area contributed by atoms with Crippen LogP contribution in [0, 0.1) is 5.82 Å².